The lowest BCUT2D eigenvalue weighted by Gasteiger charge is -2.22. The first-order valence-electron chi connectivity index (χ1n) is 13.7. The molecule has 1 aromatic heterocycles. The number of methoxy groups -OCH3 is 1. The number of halogens is 1. The van der Waals surface area contributed by atoms with Crippen molar-refractivity contribution in [3.05, 3.63) is 106 Å². The zero-order valence-corrected chi connectivity index (χ0v) is 26.2. The third-order valence-electron chi connectivity index (χ3n) is 6.86. The number of hydrogen-bond acceptors (Lipinski definition) is 10. The Morgan fingerprint density at radius 1 is 1.00 bits per heavy atom. The number of aromatic nitrogens is 2. The molecule has 1 amide bonds. The van der Waals surface area contributed by atoms with Gasteiger partial charge >= 0.3 is 11.9 Å². The molecule has 1 aliphatic rings. The number of rotatable bonds is 11. The van der Waals surface area contributed by atoms with Crippen LogP contribution >= 0.6 is 34.7 Å². The van der Waals surface area contributed by atoms with Gasteiger partial charge in [-0.1, -0.05) is 72.3 Å². The molecule has 9 nitrogen and oxygen atoms in total. The number of aliphatic hydroxyl groups is 1. The van der Waals surface area contributed by atoms with Crippen molar-refractivity contribution >= 4 is 63.3 Å². The van der Waals surface area contributed by atoms with Crippen LogP contribution in [0.3, 0.4) is 0 Å². The molecule has 0 bridgehead atoms. The molecular weight excluding hydrogens is 622 g/mol. The lowest BCUT2D eigenvalue weighted by atomic mass is 9.94. The van der Waals surface area contributed by atoms with Gasteiger partial charge in [0.15, 0.2) is 4.34 Å². The third-order valence-corrected chi connectivity index (χ3v) is 9.24. The molecule has 3 aromatic carbocycles. The number of thioether (sulfide) groups is 1. The summed E-state index contributed by atoms with van der Waals surface area (Å²) in [5, 5.41) is 20.8. The quantitative estimate of drug-likeness (QED) is 0.0346. The van der Waals surface area contributed by atoms with E-state index in [9.17, 15) is 19.5 Å². The first-order chi connectivity index (χ1) is 21.3. The summed E-state index contributed by atoms with van der Waals surface area (Å²) in [5.74, 6) is -1.35. The Kier molecular flexibility index (Phi) is 9.99. The fraction of sp³-hybridized carbons (Fsp3) is 0.219. The summed E-state index contributed by atoms with van der Waals surface area (Å²) >= 11 is 8.58. The van der Waals surface area contributed by atoms with Crippen LogP contribution in [0.4, 0.5) is 5.13 Å². The van der Waals surface area contributed by atoms with Crippen molar-refractivity contribution in [3.8, 4) is 5.75 Å². The van der Waals surface area contributed by atoms with Gasteiger partial charge < -0.3 is 14.6 Å². The molecule has 5 rings (SSSR count). The molecular formula is C32H28ClN3O6S2. The van der Waals surface area contributed by atoms with Crippen LogP contribution in [0.25, 0.3) is 5.76 Å². The average Bonchev–Trinajstić information content (AvgIpc) is 3.62. The molecule has 1 N–H and O–H groups in total. The van der Waals surface area contributed by atoms with Gasteiger partial charge in [-0.05, 0) is 66.1 Å². The molecule has 0 unspecified atom stereocenters. The molecule has 0 saturated carbocycles. The molecule has 1 fully saturated rings. The standard InChI is InChI=1S/C32H28ClN3O6S2/c1-3-4-17-42-24-15-11-21(12-16-24)27(37)25-26(20-7-9-22(10-8-20)30(40)41-2)36(29(39)28(25)38)31-34-35-32(44-31)43-18-19-5-13-23(33)14-6-19/h5-16,26,37H,3-4,17-18H2,1-2H3/t26-/m0/s1. The maximum absolute atomic E-state index is 13.5. The highest BCUT2D eigenvalue weighted by atomic mass is 35.5. The summed E-state index contributed by atoms with van der Waals surface area (Å²) in [5.41, 5.74) is 2.06. The number of benzene rings is 3. The SMILES string of the molecule is CCCCOc1ccc(C(O)=C2C(=O)C(=O)N(c3nnc(SCc4ccc(Cl)cc4)s3)[C@H]2c2ccc(C(=O)OC)cc2)cc1. The molecule has 0 aliphatic carbocycles. The van der Waals surface area contributed by atoms with Gasteiger partial charge in [-0.2, -0.15) is 0 Å². The molecule has 0 radical (unpaired) electrons. The maximum Gasteiger partial charge on any atom is 0.337 e. The van der Waals surface area contributed by atoms with E-state index in [0.717, 1.165) is 29.7 Å². The van der Waals surface area contributed by atoms with Crippen LogP contribution in [0.5, 0.6) is 5.75 Å². The summed E-state index contributed by atoms with van der Waals surface area (Å²) in [6.45, 7) is 2.64. The number of Topliss-reactive ketones (excluding diaryl/α,β-unsaturated/α-hetero) is 1. The number of hydrogen-bond donors (Lipinski definition) is 1. The highest BCUT2D eigenvalue weighted by molar-refractivity contribution is 8.00. The Morgan fingerprint density at radius 3 is 2.34 bits per heavy atom. The first kappa shape index (κ1) is 31.2. The monoisotopic (exact) mass is 649 g/mol. The van der Waals surface area contributed by atoms with E-state index in [2.05, 4.69) is 17.1 Å². The van der Waals surface area contributed by atoms with E-state index >= 15 is 0 Å². The van der Waals surface area contributed by atoms with Crippen LogP contribution in [0.15, 0.2) is 82.7 Å². The Balaban J connectivity index is 1.50. The largest absolute Gasteiger partial charge is 0.507 e. The molecule has 44 heavy (non-hydrogen) atoms. The van der Waals surface area contributed by atoms with Crippen molar-refractivity contribution in [2.24, 2.45) is 0 Å². The summed E-state index contributed by atoms with van der Waals surface area (Å²) in [7, 11) is 1.28. The zero-order chi connectivity index (χ0) is 31.2. The first-order valence-corrected chi connectivity index (χ1v) is 15.9. The number of carbonyl (C=O) groups is 3. The Bertz CT molecular complexity index is 1690. The van der Waals surface area contributed by atoms with E-state index in [-0.39, 0.29) is 16.5 Å². The lowest BCUT2D eigenvalue weighted by molar-refractivity contribution is -0.132. The third kappa shape index (κ3) is 6.80. The second-order valence-electron chi connectivity index (χ2n) is 9.77. The highest BCUT2D eigenvalue weighted by Crippen LogP contribution is 2.44. The molecule has 1 saturated heterocycles. The number of unbranched alkanes of at least 4 members (excludes halogenated alkanes) is 1. The number of carbonyl (C=O) groups excluding carboxylic acids is 3. The number of amides is 1. The molecule has 2 heterocycles. The van der Waals surface area contributed by atoms with Crippen LogP contribution in [0.2, 0.25) is 5.02 Å². The van der Waals surface area contributed by atoms with E-state index in [4.69, 9.17) is 21.1 Å². The summed E-state index contributed by atoms with van der Waals surface area (Å²) in [4.78, 5) is 40.4. The van der Waals surface area contributed by atoms with E-state index < -0.39 is 23.7 Å². The van der Waals surface area contributed by atoms with Crippen molar-refractivity contribution in [1.29, 1.82) is 0 Å². The number of ether oxygens (including phenoxy) is 2. The smallest absolute Gasteiger partial charge is 0.337 e. The Labute approximate surface area is 267 Å². The molecule has 0 spiro atoms. The van der Waals surface area contributed by atoms with Crippen molar-refractivity contribution in [3.63, 3.8) is 0 Å². The molecule has 226 valence electrons. The normalized spacial score (nSPS) is 15.9. The molecule has 1 aliphatic heterocycles. The van der Waals surface area contributed by atoms with Crippen LogP contribution in [-0.4, -0.2) is 46.7 Å². The second-order valence-corrected chi connectivity index (χ2v) is 12.4. The minimum atomic E-state index is -1.02. The fourth-order valence-corrected chi connectivity index (χ4v) is 6.50. The van der Waals surface area contributed by atoms with E-state index in [1.165, 1.54) is 35.9 Å². The van der Waals surface area contributed by atoms with Crippen molar-refractivity contribution < 1.29 is 29.0 Å². The van der Waals surface area contributed by atoms with Gasteiger partial charge in [-0.3, -0.25) is 14.5 Å². The number of aliphatic hydroxyl groups excluding tert-OH is 1. The summed E-state index contributed by atoms with van der Waals surface area (Å²) < 4.78 is 11.1. The van der Waals surface area contributed by atoms with E-state index in [0.29, 0.717) is 44.2 Å². The van der Waals surface area contributed by atoms with Gasteiger partial charge in [0.05, 0.1) is 30.9 Å². The van der Waals surface area contributed by atoms with Crippen LogP contribution in [0, 0.1) is 0 Å². The van der Waals surface area contributed by atoms with Gasteiger partial charge in [-0.25, -0.2) is 4.79 Å². The van der Waals surface area contributed by atoms with Crippen molar-refractivity contribution in [1.82, 2.24) is 10.2 Å². The minimum Gasteiger partial charge on any atom is -0.507 e. The van der Waals surface area contributed by atoms with Crippen molar-refractivity contribution in [2.75, 3.05) is 18.6 Å². The second kappa shape index (κ2) is 14.1. The zero-order valence-electron chi connectivity index (χ0n) is 23.9. The van der Waals surface area contributed by atoms with Gasteiger partial charge in [0.1, 0.15) is 11.5 Å². The number of ketones is 1. The minimum absolute atomic E-state index is 0.106. The van der Waals surface area contributed by atoms with E-state index in [1.807, 2.05) is 12.1 Å². The van der Waals surface area contributed by atoms with Gasteiger partial charge in [-0.15, -0.1) is 10.2 Å². The van der Waals surface area contributed by atoms with Gasteiger partial charge in [0.25, 0.3) is 5.78 Å². The Morgan fingerprint density at radius 2 is 1.68 bits per heavy atom. The molecule has 1 atom stereocenters. The Hall–Kier alpha value is -4.19. The van der Waals surface area contributed by atoms with Crippen LogP contribution in [-0.2, 0) is 20.1 Å². The number of esters is 1. The summed E-state index contributed by atoms with van der Waals surface area (Å²) in [6.07, 6.45) is 1.91. The number of nitrogens with zero attached hydrogens (tertiary/aromatic N) is 3. The predicted octanol–water partition coefficient (Wildman–Crippen LogP) is 7.08. The van der Waals surface area contributed by atoms with Crippen LogP contribution < -0.4 is 9.64 Å². The summed E-state index contributed by atoms with van der Waals surface area (Å²) in [6, 6.07) is 19.4. The predicted molar refractivity (Wildman–Crippen MR) is 170 cm³/mol. The average molecular weight is 650 g/mol. The van der Waals surface area contributed by atoms with Gasteiger partial charge in [0, 0.05) is 16.3 Å². The van der Waals surface area contributed by atoms with Crippen molar-refractivity contribution in [2.45, 2.75) is 35.9 Å². The van der Waals surface area contributed by atoms with Gasteiger partial charge in [0.2, 0.25) is 5.13 Å². The van der Waals surface area contributed by atoms with E-state index in [1.54, 1.807) is 48.5 Å². The lowest BCUT2D eigenvalue weighted by Crippen LogP contribution is -2.29. The number of anilines is 1. The fourth-order valence-electron chi connectivity index (χ4n) is 4.55. The highest BCUT2D eigenvalue weighted by Gasteiger charge is 2.48. The maximum atomic E-state index is 13.5. The topological polar surface area (TPSA) is 119 Å². The molecule has 4 aromatic rings. The molecule has 12 heteroatoms. The van der Waals surface area contributed by atoms with Crippen LogP contribution in [0.1, 0.15) is 52.9 Å².